The molecule has 5 nitrogen and oxygen atoms in total. The summed E-state index contributed by atoms with van der Waals surface area (Å²) in [6.07, 6.45) is 0. The molecule has 0 aliphatic heterocycles. The molecule has 0 saturated heterocycles. The first-order chi connectivity index (χ1) is 16.2. The van der Waals surface area contributed by atoms with Crippen molar-refractivity contribution < 1.29 is 27.1 Å². The van der Waals surface area contributed by atoms with Crippen molar-refractivity contribution in [3.8, 4) is 16.3 Å². The van der Waals surface area contributed by atoms with Crippen LogP contribution in [0.25, 0.3) is 20.8 Å². The van der Waals surface area contributed by atoms with Crippen molar-refractivity contribution in [1.82, 2.24) is 10.3 Å². The number of rotatable bonds is 4. The van der Waals surface area contributed by atoms with Crippen LogP contribution >= 0.6 is 35.2 Å². The van der Waals surface area contributed by atoms with E-state index in [0.29, 0.717) is 21.3 Å². The SMILES string of the molecule is COc1c(F)c(F)c(C(=O)NC(=S)Nc2ccc(-c3nc4ccccc4s3)c(Cl)c2)c(F)c1F. The highest BCUT2D eigenvalue weighted by atomic mass is 35.5. The van der Waals surface area contributed by atoms with Crippen LogP contribution in [0.15, 0.2) is 42.5 Å². The molecular weight excluding hydrogens is 514 g/mol. The predicted octanol–water partition coefficient (Wildman–Crippen LogP) is 6.31. The summed E-state index contributed by atoms with van der Waals surface area (Å²) < 4.78 is 61.3. The van der Waals surface area contributed by atoms with Gasteiger partial charge in [-0.25, -0.2) is 13.8 Å². The molecule has 0 radical (unpaired) electrons. The second-order valence-corrected chi connectivity index (χ2v) is 8.60. The van der Waals surface area contributed by atoms with Gasteiger partial charge in [-0.1, -0.05) is 23.7 Å². The average Bonchev–Trinajstić information content (AvgIpc) is 3.22. The first-order valence-corrected chi connectivity index (χ1v) is 11.0. The van der Waals surface area contributed by atoms with Crippen LogP contribution < -0.4 is 15.4 Å². The Morgan fingerprint density at radius 1 is 1.06 bits per heavy atom. The number of anilines is 1. The fourth-order valence-corrected chi connectivity index (χ4v) is 4.61. The van der Waals surface area contributed by atoms with Gasteiger partial charge in [0.05, 0.1) is 22.3 Å². The molecule has 174 valence electrons. The minimum absolute atomic E-state index is 0.328. The zero-order chi connectivity index (χ0) is 24.6. The third-order valence-corrected chi connectivity index (χ3v) is 6.22. The summed E-state index contributed by atoms with van der Waals surface area (Å²) in [5.74, 6) is -10.3. The molecule has 34 heavy (non-hydrogen) atoms. The fraction of sp³-hybridized carbons (Fsp3) is 0.0455. The molecule has 0 bridgehead atoms. The van der Waals surface area contributed by atoms with Gasteiger partial charge in [-0.3, -0.25) is 10.1 Å². The number of hydrogen-bond donors (Lipinski definition) is 2. The van der Waals surface area contributed by atoms with Gasteiger partial charge in [-0.15, -0.1) is 11.3 Å². The molecule has 4 rings (SSSR count). The van der Waals surface area contributed by atoms with Crippen molar-refractivity contribution in [3.63, 3.8) is 0 Å². The Morgan fingerprint density at radius 2 is 1.74 bits per heavy atom. The first-order valence-electron chi connectivity index (χ1n) is 9.39. The summed E-state index contributed by atoms with van der Waals surface area (Å²) in [7, 11) is 0.826. The highest BCUT2D eigenvalue weighted by Gasteiger charge is 2.30. The lowest BCUT2D eigenvalue weighted by atomic mass is 10.1. The molecule has 0 saturated carbocycles. The Kier molecular flexibility index (Phi) is 6.69. The molecule has 0 spiro atoms. The van der Waals surface area contributed by atoms with Gasteiger partial charge in [0.2, 0.25) is 11.6 Å². The van der Waals surface area contributed by atoms with E-state index in [0.717, 1.165) is 17.3 Å². The molecule has 1 heterocycles. The predicted molar refractivity (Wildman–Crippen MR) is 127 cm³/mol. The topological polar surface area (TPSA) is 63.2 Å². The van der Waals surface area contributed by atoms with Gasteiger partial charge in [0.1, 0.15) is 10.6 Å². The number of fused-ring (bicyclic) bond motifs is 1. The van der Waals surface area contributed by atoms with Gasteiger partial charge in [0.15, 0.2) is 22.5 Å². The Hall–Kier alpha value is -3.28. The van der Waals surface area contributed by atoms with E-state index in [-0.39, 0.29) is 5.11 Å². The van der Waals surface area contributed by atoms with Crippen molar-refractivity contribution in [3.05, 3.63) is 76.3 Å². The third-order valence-electron chi connectivity index (χ3n) is 4.63. The van der Waals surface area contributed by atoms with E-state index in [9.17, 15) is 22.4 Å². The third kappa shape index (κ3) is 4.41. The van der Waals surface area contributed by atoms with Crippen LogP contribution in [0.3, 0.4) is 0 Å². The molecule has 3 aromatic carbocycles. The molecule has 1 aromatic heterocycles. The van der Waals surface area contributed by atoms with Crippen LogP contribution in [0, 0.1) is 23.3 Å². The number of aromatic nitrogens is 1. The zero-order valence-corrected chi connectivity index (χ0v) is 19.4. The zero-order valence-electron chi connectivity index (χ0n) is 17.0. The molecule has 2 N–H and O–H groups in total. The van der Waals surface area contributed by atoms with Crippen molar-refractivity contribution in [1.29, 1.82) is 0 Å². The van der Waals surface area contributed by atoms with E-state index in [1.165, 1.54) is 17.4 Å². The highest BCUT2D eigenvalue weighted by molar-refractivity contribution is 7.80. The summed E-state index contributed by atoms with van der Waals surface area (Å²) in [5, 5.41) is 5.24. The van der Waals surface area contributed by atoms with Crippen LogP contribution in [0.1, 0.15) is 10.4 Å². The van der Waals surface area contributed by atoms with Gasteiger partial charge >= 0.3 is 0 Å². The van der Waals surface area contributed by atoms with E-state index in [4.69, 9.17) is 23.8 Å². The number of halogens is 5. The van der Waals surface area contributed by atoms with Gasteiger partial charge in [-0.05, 0) is 42.5 Å². The molecule has 4 aromatic rings. The number of carbonyl (C=O) groups is 1. The highest BCUT2D eigenvalue weighted by Crippen LogP contribution is 2.35. The van der Waals surface area contributed by atoms with E-state index in [1.807, 2.05) is 29.6 Å². The van der Waals surface area contributed by atoms with Crippen molar-refractivity contribution in [2.75, 3.05) is 12.4 Å². The molecule has 0 unspecified atom stereocenters. The fourth-order valence-electron chi connectivity index (χ4n) is 3.07. The van der Waals surface area contributed by atoms with Crippen LogP contribution in [-0.4, -0.2) is 23.1 Å². The number of para-hydroxylation sites is 1. The Bertz CT molecular complexity index is 1400. The number of thiocarbonyl (C=S) groups is 1. The van der Waals surface area contributed by atoms with Gasteiger partial charge in [0, 0.05) is 11.3 Å². The average molecular weight is 526 g/mol. The molecule has 1 amide bonds. The second kappa shape index (κ2) is 9.53. The summed E-state index contributed by atoms with van der Waals surface area (Å²) in [6, 6.07) is 12.4. The monoisotopic (exact) mass is 525 g/mol. The number of nitrogens with one attached hydrogen (secondary N) is 2. The maximum atomic E-state index is 14.1. The lowest BCUT2D eigenvalue weighted by molar-refractivity contribution is 0.0966. The number of benzene rings is 3. The molecule has 0 atom stereocenters. The van der Waals surface area contributed by atoms with Crippen LogP contribution in [0.5, 0.6) is 5.75 Å². The first kappa shape index (κ1) is 23.9. The van der Waals surface area contributed by atoms with Gasteiger partial charge in [-0.2, -0.15) is 8.78 Å². The van der Waals surface area contributed by atoms with E-state index < -0.39 is 40.5 Å². The minimum Gasteiger partial charge on any atom is -0.491 e. The number of amides is 1. The summed E-state index contributed by atoms with van der Waals surface area (Å²) in [5.41, 5.74) is 0.351. The number of nitrogens with zero attached hydrogens (tertiary/aromatic N) is 1. The Morgan fingerprint density at radius 3 is 2.35 bits per heavy atom. The van der Waals surface area contributed by atoms with Gasteiger partial charge < -0.3 is 10.1 Å². The lowest BCUT2D eigenvalue weighted by Crippen LogP contribution is -2.35. The van der Waals surface area contributed by atoms with E-state index in [1.54, 1.807) is 12.1 Å². The largest absolute Gasteiger partial charge is 0.491 e. The lowest BCUT2D eigenvalue weighted by Gasteiger charge is -2.13. The number of carbonyl (C=O) groups excluding carboxylic acids is 1. The number of hydrogen-bond acceptors (Lipinski definition) is 5. The molecule has 0 aliphatic carbocycles. The van der Waals surface area contributed by atoms with E-state index in [2.05, 4.69) is 15.0 Å². The van der Waals surface area contributed by atoms with Crippen LogP contribution in [-0.2, 0) is 0 Å². The van der Waals surface area contributed by atoms with Crippen molar-refractivity contribution in [2.45, 2.75) is 0 Å². The summed E-state index contributed by atoms with van der Waals surface area (Å²) >= 11 is 12.8. The number of thiazole rings is 1. The minimum atomic E-state index is -1.92. The number of ether oxygens (including phenoxy) is 1. The van der Waals surface area contributed by atoms with Crippen LogP contribution in [0.2, 0.25) is 5.02 Å². The maximum Gasteiger partial charge on any atom is 0.263 e. The van der Waals surface area contributed by atoms with Crippen LogP contribution in [0.4, 0.5) is 23.2 Å². The Balaban J connectivity index is 1.51. The van der Waals surface area contributed by atoms with E-state index >= 15 is 0 Å². The standard InChI is InChI=1S/C22H12ClF4N3O2S2/c1-32-19-17(26)15(24)14(16(25)18(19)27)20(31)30-22(33)28-9-6-7-10(11(23)8-9)21-29-12-4-2-3-5-13(12)34-21/h2-8H,1H3,(H2,28,30,31,33). The second-order valence-electron chi connectivity index (χ2n) is 6.75. The Labute approximate surface area is 204 Å². The molecular formula is C22H12ClF4N3O2S2. The van der Waals surface area contributed by atoms with Crippen molar-refractivity contribution in [2.24, 2.45) is 0 Å². The summed E-state index contributed by atoms with van der Waals surface area (Å²) in [4.78, 5) is 16.8. The van der Waals surface area contributed by atoms with Gasteiger partial charge in [0.25, 0.3) is 5.91 Å². The number of methoxy groups -OCH3 is 1. The quantitative estimate of drug-likeness (QED) is 0.186. The molecule has 0 fully saturated rings. The molecule has 12 heteroatoms. The van der Waals surface area contributed by atoms with Crippen molar-refractivity contribution >= 4 is 62.1 Å². The maximum absolute atomic E-state index is 14.1. The smallest absolute Gasteiger partial charge is 0.263 e. The summed E-state index contributed by atoms with van der Waals surface area (Å²) in [6.45, 7) is 0. The normalized spacial score (nSPS) is 10.9. The molecule has 0 aliphatic rings.